The van der Waals surface area contributed by atoms with Crippen LogP contribution in [0.5, 0.6) is 0 Å². The third kappa shape index (κ3) is 8.10. The summed E-state index contributed by atoms with van der Waals surface area (Å²) in [6.45, 7) is 7.47. The molecule has 0 unspecified atom stereocenters. The van der Waals surface area contributed by atoms with E-state index >= 15 is 0 Å². The maximum atomic E-state index is 12.6. The zero-order valence-corrected chi connectivity index (χ0v) is 30.7. The molecule has 0 aromatic carbocycles. The smallest absolute Gasteiger partial charge is 0.249 e. The quantitative estimate of drug-likeness (QED) is 0.383. The molecule has 2 amide bonds. The van der Waals surface area contributed by atoms with Crippen LogP contribution in [0.1, 0.15) is 116 Å². The lowest BCUT2D eigenvalue weighted by molar-refractivity contribution is -0.168. The van der Waals surface area contributed by atoms with E-state index < -0.39 is 0 Å². The average molecular weight is 699 g/mol. The van der Waals surface area contributed by atoms with Crippen molar-refractivity contribution in [2.24, 2.45) is 17.8 Å². The molecule has 5 aliphatic carbocycles. The topological polar surface area (TPSA) is 95.0 Å². The van der Waals surface area contributed by atoms with Gasteiger partial charge in [0.25, 0.3) is 0 Å². The number of carbonyl (C=O) groups is 2. The van der Waals surface area contributed by atoms with Crippen LogP contribution in [0.15, 0.2) is 0 Å². The lowest BCUT2D eigenvalue weighted by Gasteiger charge is -2.51. The van der Waals surface area contributed by atoms with E-state index in [1.165, 1.54) is 51.4 Å². The van der Waals surface area contributed by atoms with E-state index in [1.54, 1.807) is 0 Å². The van der Waals surface area contributed by atoms with E-state index in [1.807, 2.05) is 0 Å². The number of rotatable bonds is 9. The zero-order chi connectivity index (χ0) is 34.0. The summed E-state index contributed by atoms with van der Waals surface area (Å²) < 4.78 is 17.5. The lowest BCUT2D eigenvalue weighted by atomic mass is 9.79. The van der Waals surface area contributed by atoms with E-state index in [0.29, 0.717) is 62.1 Å². The van der Waals surface area contributed by atoms with Gasteiger partial charge in [-0.2, -0.15) is 0 Å². The molecule has 0 bridgehead atoms. The monoisotopic (exact) mass is 698 g/mol. The average Bonchev–Trinajstić information content (AvgIpc) is 3.94. The second kappa shape index (κ2) is 16.4. The number of hydrogen-bond donors (Lipinski definition) is 1. The third-order valence-electron chi connectivity index (χ3n) is 14.4. The Morgan fingerprint density at radius 3 is 1.44 bits per heavy atom. The molecule has 0 spiro atoms. The van der Waals surface area contributed by atoms with Crippen LogP contribution >= 0.6 is 0 Å². The molecule has 4 saturated heterocycles. The number of aliphatic hydroxyl groups is 1. The van der Waals surface area contributed by atoms with E-state index in [9.17, 15) is 14.7 Å². The van der Waals surface area contributed by atoms with Crippen molar-refractivity contribution in [2.75, 3.05) is 59.2 Å². The summed E-state index contributed by atoms with van der Waals surface area (Å²) in [6.07, 6.45) is 22.3. The van der Waals surface area contributed by atoms with Gasteiger partial charge in [0.05, 0.1) is 24.3 Å². The normalized spacial score (nSPS) is 39.1. The van der Waals surface area contributed by atoms with Gasteiger partial charge in [0, 0.05) is 70.2 Å². The van der Waals surface area contributed by atoms with Crippen molar-refractivity contribution in [3.63, 3.8) is 0 Å². The Balaban J connectivity index is 0.000000146. The Morgan fingerprint density at radius 1 is 0.540 bits per heavy atom. The molecular formula is C40H66N4O6. The minimum atomic E-state index is 0.218. The number of hydrogen-bond acceptors (Lipinski definition) is 8. The van der Waals surface area contributed by atoms with Crippen LogP contribution in [0.3, 0.4) is 0 Å². The number of ether oxygens (including phenoxy) is 3. The minimum absolute atomic E-state index is 0.218. The van der Waals surface area contributed by atoms with E-state index in [4.69, 9.17) is 14.2 Å². The van der Waals surface area contributed by atoms with E-state index in [2.05, 4.69) is 19.6 Å². The fourth-order valence-electron chi connectivity index (χ4n) is 11.0. The molecule has 4 aliphatic heterocycles. The van der Waals surface area contributed by atoms with Gasteiger partial charge in [-0.3, -0.25) is 9.59 Å². The fourth-order valence-corrected chi connectivity index (χ4v) is 11.0. The number of amides is 2. The Kier molecular flexibility index (Phi) is 11.7. The standard InChI is InChI=1S/C22H36N2O3.C18H30N2O3/c25-22-15-27-21-4-2-1-3-20(21)24(22)18-7-9-23(10-8-18)19-11-17(12-19)14-26-13-16-5-6-16;21-11-13-9-15(10-13)19-7-5-14(6-8-19)20-16-3-1-2-4-17(16)23-12-18(20)22/h16-21H,1-15H2;13-17,21H,1-12H2/t17?,19?,20-,21-;13?,15?,16-,17-/m00/s1. The maximum absolute atomic E-state index is 12.6. The molecule has 1 N–H and O–H groups in total. The van der Waals surface area contributed by atoms with Gasteiger partial charge < -0.3 is 38.9 Å². The van der Waals surface area contributed by atoms with Crippen molar-refractivity contribution < 1.29 is 28.9 Å². The molecule has 50 heavy (non-hydrogen) atoms. The van der Waals surface area contributed by atoms with Crippen molar-refractivity contribution in [1.29, 1.82) is 0 Å². The van der Waals surface area contributed by atoms with E-state index in [-0.39, 0.29) is 17.9 Å². The van der Waals surface area contributed by atoms with Crippen molar-refractivity contribution in [3.05, 3.63) is 0 Å². The van der Waals surface area contributed by atoms with Crippen LogP contribution < -0.4 is 0 Å². The number of morpholine rings is 2. The molecule has 10 heteroatoms. The minimum Gasteiger partial charge on any atom is -0.396 e. The summed E-state index contributed by atoms with van der Waals surface area (Å²) >= 11 is 0. The molecular weight excluding hydrogens is 632 g/mol. The first kappa shape index (κ1) is 35.7. The van der Waals surface area contributed by atoms with Crippen molar-refractivity contribution in [2.45, 2.75) is 164 Å². The number of carbonyl (C=O) groups excluding carboxylic acids is 2. The Morgan fingerprint density at radius 2 is 0.980 bits per heavy atom. The fraction of sp³-hybridized carbons (Fsp3) is 0.950. The number of fused-ring (bicyclic) bond motifs is 2. The zero-order valence-electron chi connectivity index (χ0n) is 30.7. The van der Waals surface area contributed by atoms with Crippen molar-refractivity contribution in [3.8, 4) is 0 Å². The predicted molar refractivity (Wildman–Crippen MR) is 191 cm³/mol. The van der Waals surface area contributed by atoms with Crippen molar-refractivity contribution in [1.82, 2.24) is 19.6 Å². The largest absolute Gasteiger partial charge is 0.396 e. The molecule has 4 heterocycles. The van der Waals surface area contributed by atoms with Crippen LogP contribution in [0, 0.1) is 17.8 Å². The number of aliphatic hydroxyl groups excluding tert-OH is 1. The SMILES string of the molecule is O=C1CO[C@H]2CCCC[C@@H]2N1C1CCN(C2CC(CO)C2)CC1.O=C1CO[C@H]2CCCC[C@@H]2N1C1CCN(C2CC(COCC3CC3)C2)CC1. The molecule has 9 fully saturated rings. The van der Waals surface area contributed by atoms with Crippen LogP contribution in [-0.4, -0.2) is 144 Å². The van der Waals surface area contributed by atoms with Gasteiger partial charge in [-0.25, -0.2) is 0 Å². The van der Waals surface area contributed by atoms with Crippen LogP contribution in [0.4, 0.5) is 0 Å². The van der Waals surface area contributed by atoms with Crippen LogP contribution in [0.2, 0.25) is 0 Å². The van der Waals surface area contributed by atoms with Gasteiger partial charge in [-0.15, -0.1) is 0 Å². The van der Waals surface area contributed by atoms with Crippen molar-refractivity contribution >= 4 is 11.8 Å². The summed E-state index contributed by atoms with van der Waals surface area (Å²) in [5, 5.41) is 9.18. The van der Waals surface area contributed by atoms with Crippen LogP contribution in [0.25, 0.3) is 0 Å². The summed E-state index contributed by atoms with van der Waals surface area (Å²) in [5.74, 6) is 2.66. The highest BCUT2D eigenvalue weighted by atomic mass is 16.5. The first-order valence-electron chi connectivity index (χ1n) is 21.1. The first-order chi connectivity index (χ1) is 24.5. The van der Waals surface area contributed by atoms with Gasteiger partial charge in [-0.1, -0.05) is 25.7 Å². The number of likely N-dealkylation sites (tertiary alicyclic amines) is 2. The molecule has 0 aromatic rings. The van der Waals surface area contributed by atoms with Gasteiger partial charge in [0.15, 0.2) is 0 Å². The number of piperidine rings is 2. The second-order valence-electron chi connectivity index (χ2n) is 17.7. The summed E-state index contributed by atoms with van der Waals surface area (Å²) in [7, 11) is 0. The third-order valence-corrected chi connectivity index (χ3v) is 14.4. The number of nitrogens with zero attached hydrogens (tertiary/aromatic N) is 4. The lowest BCUT2D eigenvalue weighted by Crippen LogP contribution is -2.61. The molecule has 9 rings (SSSR count). The maximum Gasteiger partial charge on any atom is 0.249 e. The summed E-state index contributed by atoms with van der Waals surface area (Å²) in [6, 6.07) is 3.00. The molecule has 5 saturated carbocycles. The molecule has 0 aromatic heterocycles. The molecule has 0 radical (unpaired) electrons. The van der Waals surface area contributed by atoms with Gasteiger partial charge >= 0.3 is 0 Å². The van der Waals surface area contributed by atoms with Gasteiger partial charge in [0.2, 0.25) is 11.8 Å². The van der Waals surface area contributed by atoms with Crippen LogP contribution in [-0.2, 0) is 23.8 Å². The Hall–Kier alpha value is -1.30. The predicted octanol–water partition coefficient (Wildman–Crippen LogP) is 4.22. The highest BCUT2D eigenvalue weighted by Crippen LogP contribution is 2.39. The molecule has 4 atom stereocenters. The Labute approximate surface area is 300 Å². The highest BCUT2D eigenvalue weighted by molar-refractivity contribution is 5.79. The molecule has 282 valence electrons. The summed E-state index contributed by atoms with van der Waals surface area (Å²) in [5.41, 5.74) is 0. The van der Waals surface area contributed by atoms with Gasteiger partial charge in [0.1, 0.15) is 13.2 Å². The summed E-state index contributed by atoms with van der Waals surface area (Å²) in [4.78, 5) is 34.8. The molecule has 10 nitrogen and oxygen atoms in total. The highest BCUT2D eigenvalue weighted by Gasteiger charge is 2.45. The second-order valence-corrected chi connectivity index (χ2v) is 17.7. The van der Waals surface area contributed by atoms with Gasteiger partial charge in [-0.05, 0) is 108 Å². The molecule has 9 aliphatic rings. The Bertz CT molecular complexity index is 1130. The first-order valence-corrected chi connectivity index (χ1v) is 21.1. The van der Waals surface area contributed by atoms with E-state index in [0.717, 1.165) is 121 Å².